The highest BCUT2D eigenvalue weighted by molar-refractivity contribution is 7.07. The van der Waals surface area contributed by atoms with Gasteiger partial charge in [0, 0.05) is 17.1 Å². The molecule has 0 saturated heterocycles. The van der Waals surface area contributed by atoms with Gasteiger partial charge in [-0.2, -0.15) is 0 Å². The number of hydrogen-bond acceptors (Lipinski definition) is 5. The molecule has 19 heavy (non-hydrogen) atoms. The van der Waals surface area contributed by atoms with E-state index in [4.69, 9.17) is 10.5 Å². The number of nitrogens with zero attached hydrogens (tertiary/aromatic N) is 2. The number of aromatic amines is 1. The molecule has 0 spiro atoms. The zero-order valence-electron chi connectivity index (χ0n) is 10.2. The van der Waals surface area contributed by atoms with Crippen LogP contribution in [-0.2, 0) is 6.54 Å². The summed E-state index contributed by atoms with van der Waals surface area (Å²) in [7, 11) is 1.61. The maximum Gasteiger partial charge on any atom is 0.304 e. The molecule has 7 heteroatoms. The van der Waals surface area contributed by atoms with Crippen LogP contribution in [0.5, 0.6) is 5.75 Å². The van der Waals surface area contributed by atoms with Crippen LogP contribution in [0.1, 0.15) is 5.69 Å². The molecule has 0 bridgehead atoms. The monoisotopic (exact) mass is 276 g/mol. The second-order valence-corrected chi connectivity index (χ2v) is 4.93. The van der Waals surface area contributed by atoms with E-state index < -0.39 is 0 Å². The van der Waals surface area contributed by atoms with Crippen LogP contribution in [0.25, 0.3) is 11.0 Å². The largest absolute Gasteiger partial charge is 0.497 e. The third kappa shape index (κ3) is 2.08. The molecule has 3 N–H and O–H groups in total. The minimum atomic E-state index is -0.0698. The molecule has 0 aliphatic heterocycles. The number of nitrogen functional groups attached to an aromatic ring is 1. The molecule has 2 heterocycles. The van der Waals surface area contributed by atoms with E-state index in [1.54, 1.807) is 12.5 Å². The number of fused-ring (bicyclic) bond motifs is 1. The van der Waals surface area contributed by atoms with Crippen LogP contribution in [0.4, 0.5) is 5.95 Å². The van der Waals surface area contributed by atoms with Crippen LogP contribution in [-0.4, -0.2) is 21.6 Å². The molecule has 1 aromatic carbocycles. The Labute approximate surface area is 112 Å². The van der Waals surface area contributed by atoms with E-state index in [9.17, 15) is 4.79 Å². The van der Waals surface area contributed by atoms with E-state index in [-0.39, 0.29) is 4.87 Å². The Hall–Kier alpha value is -2.28. The normalized spacial score (nSPS) is 11.0. The van der Waals surface area contributed by atoms with Crippen LogP contribution in [0, 0.1) is 0 Å². The maximum absolute atomic E-state index is 11.1. The summed E-state index contributed by atoms with van der Waals surface area (Å²) in [6.45, 7) is 0.493. The van der Waals surface area contributed by atoms with Gasteiger partial charge in [-0.25, -0.2) is 4.98 Å². The molecule has 0 atom stereocenters. The summed E-state index contributed by atoms with van der Waals surface area (Å²) in [5.74, 6) is 1.15. The van der Waals surface area contributed by atoms with Crippen molar-refractivity contribution in [1.29, 1.82) is 0 Å². The Kier molecular flexibility index (Phi) is 2.75. The second-order valence-electron chi connectivity index (χ2n) is 4.08. The summed E-state index contributed by atoms with van der Waals surface area (Å²) in [4.78, 5) is 18.1. The molecule has 98 valence electrons. The molecule has 2 aromatic heterocycles. The van der Waals surface area contributed by atoms with E-state index in [1.165, 1.54) is 0 Å². The minimum Gasteiger partial charge on any atom is -0.497 e. The van der Waals surface area contributed by atoms with Crippen molar-refractivity contribution in [2.24, 2.45) is 0 Å². The molecule has 0 saturated carbocycles. The zero-order chi connectivity index (χ0) is 13.4. The van der Waals surface area contributed by atoms with Crippen molar-refractivity contribution < 1.29 is 4.74 Å². The van der Waals surface area contributed by atoms with E-state index in [1.807, 2.05) is 22.8 Å². The quantitative estimate of drug-likeness (QED) is 0.757. The Bertz CT molecular complexity index is 786. The van der Waals surface area contributed by atoms with Crippen molar-refractivity contribution in [3.63, 3.8) is 0 Å². The number of nitrogens with one attached hydrogen (secondary N) is 1. The van der Waals surface area contributed by atoms with E-state index in [2.05, 4.69) is 9.97 Å². The highest BCUT2D eigenvalue weighted by atomic mass is 32.1. The minimum absolute atomic E-state index is 0.0698. The van der Waals surface area contributed by atoms with Crippen molar-refractivity contribution in [3.8, 4) is 5.75 Å². The smallest absolute Gasteiger partial charge is 0.304 e. The lowest BCUT2D eigenvalue weighted by Gasteiger charge is -2.04. The Morgan fingerprint density at radius 1 is 1.53 bits per heavy atom. The van der Waals surface area contributed by atoms with Gasteiger partial charge in [0.15, 0.2) is 0 Å². The van der Waals surface area contributed by atoms with Crippen LogP contribution in [0.15, 0.2) is 28.4 Å². The third-order valence-electron chi connectivity index (χ3n) is 2.88. The Balaban J connectivity index is 2.07. The number of methoxy groups -OCH3 is 1. The molecule has 0 fully saturated rings. The first-order valence-electron chi connectivity index (χ1n) is 5.64. The number of benzene rings is 1. The number of ether oxygens (including phenoxy) is 1. The van der Waals surface area contributed by atoms with Gasteiger partial charge in [0.1, 0.15) is 5.75 Å². The number of rotatable bonds is 3. The van der Waals surface area contributed by atoms with Crippen molar-refractivity contribution in [3.05, 3.63) is 38.9 Å². The standard InChI is InChI=1S/C12H12N4O2S/c1-18-8-2-3-10-9(4-8)15-11(13)16(10)5-7-6-19-12(17)14-7/h2-4,6H,5H2,1H3,(H2,13,15)(H,14,17). The topological polar surface area (TPSA) is 85.9 Å². The molecule has 0 amide bonds. The van der Waals surface area contributed by atoms with Gasteiger partial charge in [-0.1, -0.05) is 11.3 Å². The Morgan fingerprint density at radius 2 is 2.37 bits per heavy atom. The van der Waals surface area contributed by atoms with Crippen molar-refractivity contribution in [2.45, 2.75) is 6.54 Å². The third-order valence-corrected chi connectivity index (χ3v) is 3.60. The highest BCUT2D eigenvalue weighted by Crippen LogP contribution is 2.23. The summed E-state index contributed by atoms with van der Waals surface area (Å²) >= 11 is 1.14. The van der Waals surface area contributed by atoms with Gasteiger partial charge in [0.2, 0.25) is 5.95 Å². The summed E-state index contributed by atoms with van der Waals surface area (Å²) in [6.07, 6.45) is 0. The lowest BCUT2D eigenvalue weighted by Crippen LogP contribution is -2.06. The van der Waals surface area contributed by atoms with E-state index >= 15 is 0 Å². The summed E-state index contributed by atoms with van der Waals surface area (Å²) in [5.41, 5.74) is 8.42. The molecular formula is C12H12N4O2S. The van der Waals surface area contributed by atoms with E-state index in [0.29, 0.717) is 12.5 Å². The first kappa shape index (κ1) is 11.8. The SMILES string of the molecule is COc1ccc2c(c1)nc(N)n2Cc1csc(=O)[nH]1. The first-order valence-corrected chi connectivity index (χ1v) is 6.52. The average molecular weight is 276 g/mol. The van der Waals surface area contributed by atoms with Gasteiger partial charge in [0.25, 0.3) is 0 Å². The number of nitrogens with two attached hydrogens (primary N) is 1. The molecule has 3 aromatic rings. The van der Waals surface area contributed by atoms with Crippen LogP contribution >= 0.6 is 11.3 Å². The molecular weight excluding hydrogens is 264 g/mol. The number of anilines is 1. The lowest BCUT2D eigenvalue weighted by atomic mass is 10.3. The molecule has 3 rings (SSSR count). The number of aromatic nitrogens is 3. The van der Waals surface area contributed by atoms with Gasteiger partial charge < -0.3 is 20.0 Å². The molecule has 0 aliphatic carbocycles. The number of imidazole rings is 1. The van der Waals surface area contributed by atoms with Crippen LogP contribution in [0.2, 0.25) is 0 Å². The van der Waals surface area contributed by atoms with Crippen molar-refractivity contribution >= 4 is 28.3 Å². The number of H-pyrrole nitrogens is 1. The predicted octanol–water partition coefficient (Wildman–Crippen LogP) is 1.43. The zero-order valence-corrected chi connectivity index (χ0v) is 11.0. The molecule has 6 nitrogen and oxygen atoms in total. The van der Waals surface area contributed by atoms with Crippen molar-refractivity contribution in [1.82, 2.24) is 14.5 Å². The number of thiazole rings is 1. The average Bonchev–Trinajstić information content (AvgIpc) is 2.94. The highest BCUT2D eigenvalue weighted by Gasteiger charge is 2.10. The van der Waals surface area contributed by atoms with Crippen LogP contribution in [0.3, 0.4) is 0 Å². The first-order chi connectivity index (χ1) is 9.17. The fourth-order valence-corrected chi connectivity index (χ4v) is 2.56. The summed E-state index contributed by atoms with van der Waals surface area (Å²) in [6, 6.07) is 5.59. The lowest BCUT2D eigenvalue weighted by molar-refractivity contribution is 0.415. The fraction of sp³-hybridized carbons (Fsp3) is 0.167. The van der Waals surface area contributed by atoms with Gasteiger partial charge in [0.05, 0.1) is 24.7 Å². The predicted molar refractivity (Wildman–Crippen MR) is 74.7 cm³/mol. The summed E-state index contributed by atoms with van der Waals surface area (Å²) < 4.78 is 7.01. The van der Waals surface area contributed by atoms with Crippen LogP contribution < -0.4 is 15.3 Å². The van der Waals surface area contributed by atoms with Gasteiger partial charge in [-0.3, -0.25) is 4.79 Å². The maximum atomic E-state index is 11.1. The van der Waals surface area contributed by atoms with E-state index in [0.717, 1.165) is 33.8 Å². The van der Waals surface area contributed by atoms with Gasteiger partial charge in [-0.15, -0.1) is 0 Å². The number of hydrogen-bond donors (Lipinski definition) is 2. The van der Waals surface area contributed by atoms with Gasteiger partial charge in [-0.05, 0) is 12.1 Å². The molecule has 0 unspecified atom stereocenters. The molecule has 0 aliphatic rings. The Morgan fingerprint density at radius 3 is 3.05 bits per heavy atom. The molecule has 0 radical (unpaired) electrons. The van der Waals surface area contributed by atoms with Gasteiger partial charge >= 0.3 is 4.87 Å². The fourth-order valence-electron chi connectivity index (χ4n) is 1.98. The second kappa shape index (κ2) is 4.43. The van der Waals surface area contributed by atoms with Crippen molar-refractivity contribution in [2.75, 3.05) is 12.8 Å². The summed E-state index contributed by atoms with van der Waals surface area (Å²) in [5, 5.41) is 1.79.